The first-order valence-electron chi connectivity index (χ1n) is 14.2. The molecule has 1 amide bonds. The van der Waals surface area contributed by atoms with Crippen molar-refractivity contribution >= 4 is 52.1 Å². The molecule has 3 aliphatic carbocycles. The number of ketones is 4. The normalized spacial score (nSPS) is 28.3. The summed E-state index contributed by atoms with van der Waals surface area (Å²) >= 11 is 0. The van der Waals surface area contributed by atoms with Gasteiger partial charge in [-0.25, -0.2) is 4.99 Å². The Morgan fingerprint density at radius 1 is 1.05 bits per heavy atom. The summed E-state index contributed by atoms with van der Waals surface area (Å²) in [6, 6.07) is 7.78. The predicted octanol–water partition coefficient (Wildman–Crippen LogP) is 0.300. The Kier molecular flexibility index (Phi) is 7.58. The number of aryl methyl sites for hydroxylation is 1. The van der Waals surface area contributed by atoms with E-state index in [0.717, 1.165) is 5.56 Å². The lowest BCUT2D eigenvalue weighted by atomic mass is 9.52. The third kappa shape index (κ3) is 4.63. The van der Waals surface area contributed by atoms with Crippen molar-refractivity contribution in [2.75, 3.05) is 38.4 Å². The third-order valence-electron chi connectivity index (χ3n) is 9.06. The summed E-state index contributed by atoms with van der Waals surface area (Å²) in [4.78, 5) is 74.7. The molecular formula is C31H36N6O7. The number of phenolic OH excluding ortho intramolecular Hbond substituents is 1. The highest BCUT2D eigenvalue weighted by Crippen LogP contribution is 2.53. The van der Waals surface area contributed by atoms with Crippen LogP contribution in [0.2, 0.25) is 0 Å². The lowest BCUT2D eigenvalue weighted by Crippen LogP contribution is -2.74. The highest BCUT2D eigenvalue weighted by molar-refractivity contribution is 6.32. The number of anilines is 2. The molecule has 0 heterocycles. The number of aliphatic hydroxyl groups is 1. The van der Waals surface area contributed by atoms with Crippen molar-refractivity contribution in [1.29, 1.82) is 0 Å². The van der Waals surface area contributed by atoms with Gasteiger partial charge in [-0.2, -0.15) is 0 Å². The first-order chi connectivity index (χ1) is 20.6. The van der Waals surface area contributed by atoms with E-state index in [-0.39, 0.29) is 30.1 Å². The smallest absolute Gasteiger partial charge is 0.235 e. The first kappa shape index (κ1) is 30.8. The fourth-order valence-corrected chi connectivity index (χ4v) is 7.07. The van der Waals surface area contributed by atoms with Crippen molar-refractivity contribution < 1.29 is 34.2 Å². The molecule has 2 aromatic rings. The van der Waals surface area contributed by atoms with Crippen LogP contribution in [0, 0.1) is 30.6 Å². The Labute approximate surface area is 253 Å². The number of fused-ring (bicyclic) bond motifs is 3. The van der Waals surface area contributed by atoms with Gasteiger partial charge in [0.15, 0.2) is 46.4 Å². The van der Waals surface area contributed by atoms with Crippen molar-refractivity contribution in [3.63, 3.8) is 0 Å². The molecule has 2 unspecified atom stereocenters. The van der Waals surface area contributed by atoms with E-state index in [9.17, 15) is 34.2 Å². The molecule has 3 aliphatic rings. The maximum absolute atomic E-state index is 14.2. The highest BCUT2D eigenvalue weighted by Gasteiger charge is 2.69. The molecule has 232 valence electrons. The van der Waals surface area contributed by atoms with E-state index in [1.165, 1.54) is 4.90 Å². The van der Waals surface area contributed by atoms with E-state index < -0.39 is 70.1 Å². The number of amides is 1. The van der Waals surface area contributed by atoms with Crippen LogP contribution in [0.4, 0.5) is 17.1 Å². The maximum atomic E-state index is 14.2. The number of hydrogen-bond donors (Lipinski definition) is 5. The summed E-state index contributed by atoms with van der Waals surface area (Å²) in [7, 11) is 6.58. The van der Waals surface area contributed by atoms with E-state index in [4.69, 9.17) is 11.5 Å². The van der Waals surface area contributed by atoms with Crippen LogP contribution < -0.4 is 21.7 Å². The lowest BCUT2D eigenvalue weighted by molar-refractivity contribution is -0.181. The number of carbonyl (C=O) groups excluding carboxylic acids is 5. The molecule has 0 aliphatic heterocycles. The zero-order valence-electron chi connectivity index (χ0n) is 25.1. The quantitative estimate of drug-likeness (QED) is 0.178. The molecule has 13 heteroatoms. The van der Waals surface area contributed by atoms with E-state index >= 15 is 0 Å². The molecular weight excluding hydrogens is 568 g/mol. The van der Waals surface area contributed by atoms with Gasteiger partial charge in [0, 0.05) is 31.4 Å². The summed E-state index contributed by atoms with van der Waals surface area (Å²) in [6.07, 6.45) is 0.0961. The molecule has 0 radical (unpaired) electrons. The summed E-state index contributed by atoms with van der Waals surface area (Å²) in [5, 5.41) is 26.1. The van der Waals surface area contributed by atoms with Gasteiger partial charge in [-0.3, -0.25) is 28.9 Å². The molecule has 2 fully saturated rings. The van der Waals surface area contributed by atoms with Crippen molar-refractivity contribution in [3.8, 4) is 5.75 Å². The number of Topliss-reactive ketones (excluding diaryl/α,β-unsaturated/α-hetero) is 4. The number of nitrogens with one attached hydrogen (secondary N) is 1. The molecule has 0 saturated heterocycles. The Morgan fingerprint density at radius 3 is 2.25 bits per heavy atom. The predicted molar refractivity (Wildman–Crippen MR) is 162 cm³/mol. The fourth-order valence-electron chi connectivity index (χ4n) is 7.07. The summed E-state index contributed by atoms with van der Waals surface area (Å²) in [6.45, 7) is 1.94. The van der Waals surface area contributed by atoms with Crippen molar-refractivity contribution in [3.05, 3.63) is 47.0 Å². The van der Waals surface area contributed by atoms with Crippen LogP contribution in [0.15, 0.2) is 35.3 Å². The highest BCUT2D eigenvalue weighted by atomic mass is 16.3. The van der Waals surface area contributed by atoms with Gasteiger partial charge < -0.3 is 31.9 Å². The Bertz CT molecular complexity index is 1630. The molecule has 0 spiro atoms. The molecule has 6 atom stereocenters. The minimum Gasteiger partial charge on any atom is -0.505 e. The Balaban J connectivity index is 1.61. The molecule has 13 nitrogen and oxygen atoms in total. The van der Waals surface area contributed by atoms with Crippen LogP contribution in [0.5, 0.6) is 5.75 Å². The third-order valence-corrected chi connectivity index (χ3v) is 9.06. The van der Waals surface area contributed by atoms with Crippen molar-refractivity contribution in [2.24, 2.45) is 40.1 Å². The minimum absolute atomic E-state index is 0.0305. The van der Waals surface area contributed by atoms with Crippen molar-refractivity contribution in [1.82, 2.24) is 4.90 Å². The minimum atomic E-state index is -2.80. The first-order valence-corrected chi connectivity index (χ1v) is 14.2. The topological polar surface area (TPSA) is 209 Å². The second-order valence-corrected chi connectivity index (χ2v) is 12.3. The van der Waals surface area contributed by atoms with Gasteiger partial charge in [0.05, 0.1) is 17.5 Å². The molecule has 0 bridgehead atoms. The number of primary amides is 1. The van der Waals surface area contributed by atoms with Crippen LogP contribution >= 0.6 is 0 Å². The SMILES string of the molecule is Cc1ccc(NC(N)=Nc2cc(N(C)C)c3c(c2O)C(=O)C2C(=O)[C@]4(O)C(=O)C(C(N)=O)C(=O)[C@@H](N(C)C)[C@@H]4C[C@@H]2C3)cc1. The maximum Gasteiger partial charge on any atom is 0.235 e. The van der Waals surface area contributed by atoms with Gasteiger partial charge in [0.25, 0.3) is 0 Å². The average Bonchev–Trinajstić information content (AvgIpc) is 2.93. The molecule has 2 saturated carbocycles. The second kappa shape index (κ2) is 10.8. The Hall–Kier alpha value is -4.62. The number of guanidine groups is 1. The summed E-state index contributed by atoms with van der Waals surface area (Å²) in [5.41, 5.74) is 11.2. The number of aromatic hydroxyl groups is 1. The largest absolute Gasteiger partial charge is 0.505 e. The van der Waals surface area contributed by atoms with Crippen LogP contribution in [0.25, 0.3) is 0 Å². The molecule has 7 N–H and O–H groups in total. The zero-order valence-corrected chi connectivity index (χ0v) is 25.1. The van der Waals surface area contributed by atoms with E-state index in [0.29, 0.717) is 16.9 Å². The number of aliphatic imine (C=N–C) groups is 1. The van der Waals surface area contributed by atoms with Crippen LogP contribution in [0.1, 0.15) is 27.9 Å². The summed E-state index contributed by atoms with van der Waals surface area (Å²) in [5.74, 6) is -11.3. The monoisotopic (exact) mass is 604 g/mol. The van der Waals surface area contributed by atoms with Gasteiger partial charge in [0.1, 0.15) is 5.69 Å². The lowest BCUT2D eigenvalue weighted by Gasteiger charge is -2.52. The molecule has 0 aromatic heterocycles. The fraction of sp³-hybridized carbons (Fsp3) is 0.419. The standard InChI is InChI=1S/C31H36N6O7/c1-13-6-8-15(9-7-13)34-30(33)35-18-12-19(36(2)3)16-10-14-11-17-23(37(4)5)26(40)22(29(32)43)28(42)31(17,44)27(41)20(14)25(39)21(16)24(18)38/h6-9,12,14,17,20,22-23,38,44H,10-11H2,1-5H3,(H2,32,43)(H3,33,34,35)/t14-,17-,20?,22?,23-,31-/m0/s1. The molecule has 5 rings (SSSR count). The second-order valence-electron chi connectivity index (χ2n) is 12.3. The van der Waals surface area contributed by atoms with Gasteiger partial charge in [-0.05, 0) is 63.5 Å². The number of benzene rings is 2. The number of likely N-dealkylation sites (N-methyl/N-ethyl adjacent to an activating group) is 1. The van der Waals surface area contributed by atoms with Gasteiger partial charge in [-0.1, -0.05) is 17.7 Å². The van der Waals surface area contributed by atoms with Crippen LogP contribution in [-0.2, 0) is 25.6 Å². The zero-order chi connectivity index (χ0) is 32.4. The van der Waals surface area contributed by atoms with Gasteiger partial charge >= 0.3 is 0 Å². The number of hydrogen-bond acceptors (Lipinski definition) is 10. The molecule has 2 aromatic carbocycles. The van der Waals surface area contributed by atoms with Crippen LogP contribution in [0.3, 0.4) is 0 Å². The van der Waals surface area contributed by atoms with Crippen LogP contribution in [-0.4, -0.2) is 89.9 Å². The van der Waals surface area contributed by atoms with E-state index in [1.54, 1.807) is 51.3 Å². The van der Waals surface area contributed by atoms with Gasteiger partial charge in [0.2, 0.25) is 5.91 Å². The number of carbonyl (C=O) groups is 5. The molecule has 44 heavy (non-hydrogen) atoms. The van der Waals surface area contributed by atoms with E-state index in [1.807, 2.05) is 19.1 Å². The number of rotatable bonds is 5. The summed E-state index contributed by atoms with van der Waals surface area (Å²) < 4.78 is 0. The number of nitrogens with zero attached hydrogens (tertiary/aromatic N) is 3. The Morgan fingerprint density at radius 2 is 1.68 bits per heavy atom. The number of phenols is 1. The van der Waals surface area contributed by atoms with Gasteiger partial charge in [-0.15, -0.1) is 0 Å². The van der Waals surface area contributed by atoms with E-state index in [2.05, 4.69) is 10.3 Å². The van der Waals surface area contributed by atoms with Crippen molar-refractivity contribution in [2.45, 2.75) is 31.4 Å². The number of nitrogens with two attached hydrogens (primary N) is 2. The average molecular weight is 605 g/mol.